The van der Waals surface area contributed by atoms with Crippen molar-refractivity contribution < 1.29 is 9.53 Å². The molecule has 0 atom stereocenters. The van der Waals surface area contributed by atoms with Crippen molar-refractivity contribution in [3.05, 3.63) is 35.4 Å². The zero-order chi connectivity index (χ0) is 14.4. The monoisotopic (exact) mass is 277 g/mol. The van der Waals surface area contributed by atoms with Crippen molar-refractivity contribution >= 4 is 5.91 Å². The Bertz CT molecular complexity index is 425. The van der Waals surface area contributed by atoms with Crippen molar-refractivity contribution in [2.24, 2.45) is 5.73 Å². The number of nitrogens with two attached hydrogens (primary N) is 1. The van der Waals surface area contributed by atoms with Gasteiger partial charge in [-0.15, -0.1) is 0 Å². The van der Waals surface area contributed by atoms with Crippen molar-refractivity contribution in [2.45, 2.75) is 6.54 Å². The third kappa shape index (κ3) is 4.30. The molecule has 0 bridgehead atoms. The average molecular weight is 277 g/mol. The van der Waals surface area contributed by atoms with Crippen LogP contribution in [0, 0.1) is 0 Å². The number of carbonyl (C=O) groups is 1. The molecule has 1 aliphatic heterocycles. The zero-order valence-corrected chi connectivity index (χ0v) is 12.0. The van der Waals surface area contributed by atoms with Crippen molar-refractivity contribution in [3.8, 4) is 0 Å². The molecule has 5 heteroatoms. The average Bonchev–Trinajstić information content (AvgIpc) is 2.47. The number of piperazine rings is 1. The Labute approximate surface area is 120 Å². The van der Waals surface area contributed by atoms with E-state index in [4.69, 9.17) is 10.5 Å². The van der Waals surface area contributed by atoms with Crippen LogP contribution in [-0.2, 0) is 11.3 Å². The number of carbonyl (C=O) groups excluding carboxylic acids is 1. The molecule has 20 heavy (non-hydrogen) atoms. The molecule has 1 aromatic carbocycles. The van der Waals surface area contributed by atoms with Gasteiger partial charge in [0.2, 0.25) is 5.91 Å². The molecule has 1 fully saturated rings. The van der Waals surface area contributed by atoms with E-state index in [0.717, 1.165) is 45.9 Å². The first-order valence-corrected chi connectivity index (χ1v) is 7.01. The Morgan fingerprint density at radius 3 is 2.30 bits per heavy atom. The summed E-state index contributed by atoms with van der Waals surface area (Å²) in [5.41, 5.74) is 7.03. The highest BCUT2D eigenvalue weighted by molar-refractivity contribution is 5.92. The highest BCUT2D eigenvalue weighted by Crippen LogP contribution is 2.10. The van der Waals surface area contributed by atoms with Gasteiger partial charge in [-0.3, -0.25) is 14.6 Å². The minimum Gasteiger partial charge on any atom is -0.383 e. The van der Waals surface area contributed by atoms with Crippen molar-refractivity contribution in [2.75, 3.05) is 46.4 Å². The van der Waals surface area contributed by atoms with Crippen molar-refractivity contribution in [1.29, 1.82) is 0 Å². The van der Waals surface area contributed by atoms with Crippen LogP contribution in [0.4, 0.5) is 0 Å². The molecule has 0 aliphatic carbocycles. The quantitative estimate of drug-likeness (QED) is 0.825. The Hall–Kier alpha value is -1.43. The van der Waals surface area contributed by atoms with Gasteiger partial charge < -0.3 is 10.5 Å². The van der Waals surface area contributed by atoms with Gasteiger partial charge in [0.25, 0.3) is 0 Å². The molecule has 1 saturated heterocycles. The van der Waals surface area contributed by atoms with Crippen LogP contribution in [0.3, 0.4) is 0 Å². The van der Waals surface area contributed by atoms with E-state index in [1.165, 1.54) is 5.56 Å². The Kier molecular flexibility index (Phi) is 5.52. The van der Waals surface area contributed by atoms with E-state index >= 15 is 0 Å². The fraction of sp³-hybridized carbons (Fsp3) is 0.533. The number of primary amides is 1. The zero-order valence-electron chi connectivity index (χ0n) is 12.0. The second kappa shape index (κ2) is 7.38. The van der Waals surface area contributed by atoms with Gasteiger partial charge in [-0.05, 0) is 17.7 Å². The third-order valence-corrected chi connectivity index (χ3v) is 3.72. The van der Waals surface area contributed by atoms with Gasteiger partial charge in [-0.1, -0.05) is 12.1 Å². The SMILES string of the molecule is COCCN1CCN(Cc2ccc(C(N)=O)cc2)CC1. The van der Waals surface area contributed by atoms with E-state index in [9.17, 15) is 4.79 Å². The van der Waals surface area contributed by atoms with E-state index in [0.29, 0.717) is 5.56 Å². The predicted octanol–water partition coefficient (Wildman–Crippen LogP) is 0.550. The van der Waals surface area contributed by atoms with Crippen LogP contribution in [0.1, 0.15) is 15.9 Å². The lowest BCUT2D eigenvalue weighted by Gasteiger charge is -2.34. The molecule has 0 radical (unpaired) electrons. The second-order valence-electron chi connectivity index (χ2n) is 5.17. The Balaban J connectivity index is 1.79. The summed E-state index contributed by atoms with van der Waals surface area (Å²) in [6, 6.07) is 7.56. The number of rotatable bonds is 6. The van der Waals surface area contributed by atoms with Crippen LogP contribution in [-0.4, -0.2) is 62.1 Å². The summed E-state index contributed by atoms with van der Waals surface area (Å²) >= 11 is 0. The molecule has 110 valence electrons. The number of hydrogen-bond donors (Lipinski definition) is 1. The van der Waals surface area contributed by atoms with Crippen LogP contribution in [0.25, 0.3) is 0 Å². The summed E-state index contributed by atoms with van der Waals surface area (Å²) in [6.45, 7) is 7.05. The maximum Gasteiger partial charge on any atom is 0.248 e. The topological polar surface area (TPSA) is 58.8 Å². The first-order chi connectivity index (χ1) is 9.69. The van der Waals surface area contributed by atoms with E-state index < -0.39 is 0 Å². The maximum atomic E-state index is 11.0. The summed E-state index contributed by atoms with van der Waals surface area (Å²) in [5.74, 6) is -0.372. The number of benzene rings is 1. The maximum absolute atomic E-state index is 11.0. The van der Waals surface area contributed by atoms with E-state index in [-0.39, 0.29) is 5.91 Å². The lowest BCUT2D eigenvalue weighted by molar-refractivity contribution is 0.0938. The van der Waals surface area contributed by atoms with Gasteiger partial charge in [0.05, 0.1) is 6.61 Å². The number of methoxy groups -OCH3 is 1. The molecule has 0 unspecified atom stereocenters. The van der Waals surface area contributed by atoms with Crippen LogP contribution >= 0.6 is 0 Å². The Morgan fingerprint density at radius 1 is 1.15 bits per heavy atom. The largest absolute Gasteiger partial charge is 0.383 e. The van der Waals surface area contributed by atoms with Crippen molar-refractivity contribution in [1.82, 2.24) is 9.80 Å². The molecule has 0 saturated carbocycles. The fourth-order valence-corrected chi connectivity index (χ4v) is 2.42. The second-order valence-corrected chi connectivity index (χ2v) is 5.17. The van der Waals surface area contributed by atoms with Gasteiger partial charge in [0.15, 0.2) is 0 Å². The summed E-state index contributed by atoms with van der Waals surface area (Å²) in [4.78, 5) is 15.9. The standard InChI is InChI=1S/C15H23N3O2/c1-20-11-10-17-6-8-18(9-7-17)12-13-2-4-14(5-3-13)15(16)19/h2-5H,6-12H2,1H3,(H2,16,19). The molecule has 0 spiro atoms. The van der Waals surface area contributed by atoms with Crippen LogP contribution in [0.2, 0.25) is 0 Å². The Morgan fingerprint density at radius 2 is 1.75 bits per heavy atom. The number of hydrogen-bond acceptors (Lipinski definition) is 4. The normalized spacial score (nSPS) is 17.2. The minimum atomic E-state index is -0.372. The lowest BCUT2D eigenvalue weighted by atomic mass is 10.1. The van der Waals surface area contributed by atoms with Gasteiger partial charge in [-0.2, -0.15) is 0 Å². The number of nitrogens with zero attached hydrogens (tertiary/aromatic N) is 2. The molecule has 5 nitrogen and oxygen atoms in total. The highest BCUT2D eigenvalue weighted by atomic mass is 16.5. The molecule has 0 aromatic heterocycles. The van der Waals surface area contributed by atoms with Crippen molar-refractivity contribution in [3.63, 3.8) is 0 Å². The van der Waals surface area contributed by atoms with Crippen LogP contribution < -0.4 is 5.73 Å². The fourth-order valence-electron chi connectivity index (χ4n) is 2.42. The summed E-state index contributed by atoms with van der Waals surface area (Å²) in [5, 5.41) is 0. The van der Waals surface area contributed by atoms with Crippen LogP contribution in [0.15, 0.2) is 24.3 Å². The van der Waals surface area contributed by atoms with E-state index in [1.807, 2.05) is 12.1 Å². The smallest absolute Gasteiger partial charge is 0.248 e. The van der Waals surface area contributed by atoms with E-state index in [2.05, 4.69) is 9.80 Å². The predicted molar refractivity (Wildman–Crippen MR) is 78.6 cm³/mol. The lowest BCUT2D eigenvalue weighted by Crippen LogP contribution is -2.46. The van der Waals surface area contributed by atoms with Gasteiger partial charge in [0.1, 0.15) is 0 Å². The minimum absolute atomic E-state index is 0.372. The molecule has 1 aliphatic rings. The van der Waals surface area contributed by atoms with Gasteiger partial charge in [-0.25, -0.2) is 0 Å². The highest BCUT2D eigenvalue weighted by Gasteiger charge is 2.16. The number of amides is 1. The molecule has 1 aromatic rings. The third-order valence-electron chi connectivity index (χ3n) is 3.72. The number of ether oxygens (including phenoxy) is 1. The molecule has 2 N–H and O–H groups in total. The first kappa shape index (κ1) is 15.0. The molecular formula is C15H23N3O2. The summed E-state index contributed by atoms with van der Waals surface area (Å²) in [6.07, 6.45) is 0. The van der Waals surface area contributed by atoms with E-state index in [1.54, 1.807) is 19.2 Å². The molecular weight excluding hydrogens is 254 g/mol. The molecule has 1 amide bonds. The van der Waals surface area contributed by atoms with Crippen LogP contribution in [0.5, 0.6) is 0 Å². The summed E-state index contributed by atoms with van der Waals surface area (Å²) in [7, 11) is 1.74. The molecule has 1 heterocycles. The van der Waals surface area contributed by atoms with Gasteiger partial charge >= 0.3 is 0 Å². The summed E-state index contributed by atoms with van der Waals surface area (Å²) < 4.78 is 5.10. The first-order valence-electron chi connectivity index (χ1n) is 7.01. The molecule has 2 rings (SSSR count). The van der Waals surface area contributed by atoms with Gasteiger partial charge in [0, 0.05) is 51.9 Å².